The van der Waals surface area contributed by atoms with Crippen molar-refractivity contribution in [1.82, 2.24) is 4.90 Å². The van der Waals surface area contributed by atoms with Gasteiger partial charge in [0, 0.05) is 49.0 Å². The van der Waals surface area contributed by atoms with Gasteiger partial charge in [0.1, 0.15) is 0 Å². The molecular weight excluding hydrogens is 324 g/mol. The van der Waals surface area contributed by atoms with E-state index in [4.69, 9.17) is 21.1 Å². The molecule has 0 spiro atoms. The van der Waals surface area contributed by atoms with E-state index in [0.29, 0.717) is 0 Å². The van der Waals surface area contributed by atoms with Crippen LogP contribution in [0.4, 0.5) is 5.69 Å². The fraction of sp³-hybridized carbons (Fsp3) is 0.368. The van der Waals surface area contributed by atoms with E-state index in [1.54, 1.807) is 14.2 Å². The van der Waals surface area contributed by atoms with Gasteiger partial charge < -0.3 is 14.4 Å². The van der Waals surface area contributed by atoms with Crippen molar-refractivity contribution in [3.63, 3.8) is 0 Å². The Hall–Kier alpha value is -1.91. The number of rotatable bonds is 5. The minimum Gasteiger partial charge on any atom is -0.493 e. The summed E-state index contributed by atoms with van der Waals surface area (Å²) in [5, 5.41) is 0.788. The van der Waals surface area contributed by atoms with Gasteiger partial charge in [0.2, 0.25) is 0 Å². The summed E-state index contributed by atoms with van der Waals surface area (Å²) in [7, 11) is 3.36. The lowest BCUT2D eigenvalue weighted by Crippen LogP contribution is -2.46. The largest absolute Gasteiger partial charge is 0.493 e. The molecule has 1 aliphatic heterocycles. The summed E-state index contributed by atoms with van der Waals surface area (Å²) in [6.07, 6.45) is 0. The second-order valence-electron chi connectivity index (χ2n) is 5.90. The quantitative estimate of drug-likeness (QED) is 0.824. The highest BCUT2D eigenvalue weighted by molar-refractivity contribution is 6.30. The summed E-state index contributed by atoms with van der Waals surface area (Å²) in [5.41, 5.74) is 2.36. The van der Waals surface area contributed by atoms with E-state index in [0.717, 1.165) is 54.8 Å². The Bertz CT molecular complexity index is 685. The highest BCUT2D eigenvalue weighted by Gasteiger charge is 2.19. The summed E-state index contributed by atoms with van der Waals surface area (Å²) in [6.45, 7) is 4.86. The fourth-order valence-corrected chi connectivity index (χ4v) is 3.34. The van der Waals surface area contributed by atoms with E-state index >= 15 is 0 Å². The number of hydrogen-bond acceptors (Lipinski definition) is 4. The molecule has 0 saturated carbocycles. The number of hydrogen-bond donors (Lipinski definition) is 0. The number of piperazine rings is 1. The maximum Gasteiger partial charge on any atom is 0.165 e. The maximum atomic E-state index is 6.10. The van der Waals surface area contributed by atoms with Crippen LogP contribution in [-0.4, -0.2) is 45.3 Å². The van der Waals surface area contributed by atoms with Gasteiger partial charge in [0.15, 0.2) is 11.5 Å². The number of benzene rings is 2. The van der Waals surface area contributed by atoms with Crippen LogP contribution in [0.15, 0.2) is 42.5 Å². The normalized spacial score (nSPS) is 15.4. The second-order valence-corrected chi connectivity index (χ2v) is 6.33. The molecule has 0 aliphatic carbocycles. The lowest BCUT2D eigenvalue weighted by Gasteiger charge is -2.36. The molecule has 3 rings (SSSR count). The standard InChI is InChI=1S/C19H23ClN2O2/c1-23-18-8-3-5-15(19(18)24-2)14-21-9-11-22(12-10-21)17-7-4-6-16(20)13-17/h3-8,13H,9-12,14H2,1-2H3. The van der Waals surface area contributed by atoms with Crippen LogP contribution in [0.25, 0.3) is 0 Å². The highest BCUT2D eigenvalue weighted by Crippen LogP contribution is 2.31. The molecule has 0 radical (unpaired) electrons. The van der Waals surface area contributed by atoms with Crippen molar-refractivity contribution in [3.05, 3.63) is 53.1 Å². The van der Waals surface area contributed by atoms with Crippen LogP contribution in [0.5, 0.6) is 11.5 Å². The molecule has 1 saturated heterocycles. The van der Waals surface area contributed by atoms with Gasteiger partial charge in [0.05, 0.1) is 14.2 Å². The molecule has 1 heterocycles. The zero-order chi connectivity index (χ0) is 16.9. The van der Waals surface area contributed by atoms with Crippen molar-refractivity contribution in [2.24, 2.45) is 0 Å². The zero-order valence-corrected chi connectivity index (χ0v) is 14.9. The second kappa shape index (κ2) is 7.77. The minimum absolute atomic E-state index is 0.785. The maximum absolute atomic E-state index is 6.10. The van der Waals surface area contributed by atoms with E-state index in [2.05, 4.69) is 21.9 Å². The lowest BCUT2D eigenvalue weighted by molar-refractivity contribution is 0.244. The summed E-state index contributed by atoms with van der Waals surface area (Å²) in [5.74, 6) is 1.62. The van der Waals surface area contributed by atoms with Gasteiger partial charge in [-0.1, -0.05) is 29.8 Å². The Labute approximate surface area is 148 Å². The third kappa shape index (κ3) is 3.77. The van der Waals surface area contributed by atoms with Crippen molar-refractivity contribution >= 4 is 17.3 Å². The summed E-state index contributed by atoms with van der Waals surface area (Å²) in [4.78, 5) is 4.82. The van der Waals surface area contributed by atoms with Crippen molar-refractivity contribution in [2.45, 2.75) is 6.54 Å². The Morgan fingerprint density at radius 1 is 0.958 bits per heavy atom. The number of methoxy groups -OCH3 is 2. The first-order valence-corrected chi connectivity index (χ1v) is 8.52. The SMILES string of the molecule is COc1cccc(CN2CCN(c3cccc(Cl)c3)CC2)c1OC. The fourth-order valence-electron chi connectivity index (χ4n) is 3.16. The monoisotopic (exact) mass is 346 g/mol. The number of anilines is 1. The molecule has 0 unspecified atom stereocenters. The summed E-state index contributed by atoms with van der Waals surface area (Å²) < 4.78 is 10.9. The van der Waals surface area contributed by atoms with Gasteiger partial charge >= 0.3 is 0 Å². The first kappa shape index (κ1) is 16.9. The molecule has 0 N–H and O–H groups in total. The summed E-state index contributed by atoms with van der Waals surface area (Å²) in [6, 6.07) is 14.1. The number of para-hydroxylation sites is 1. The van der Waals surface area contributed by atoms with E-state index < -0.39 is 0 Å². The smallest absolute Gasteiger partial charge is 0.165 e. The third-order valence-corrected chi connectivity index (χ3v) is 4.66. The average molecular weight is 347 g/mol. The average Bonchev–Trinajstić information content (AvgIpc) is 2.62. The first-order chi connectivity index (χ1) is 11.7. The molecular formula is C19H23ClN2O2. The van der Waals surface area contributed by atoms with Gasteiger partial charge in [0.25, 0.3) is 0 Å². The predicted octanol–water partition coefficient (Wildman–Crippen LogP) is 3.68. The molecule has 4 nitrogen and oxygen atoms in total. The van der Waals surface area contributed by atoms with E-state index in [-0.39, 0.29) is 0 Å². The highest BCUT2D eigenvalue weighted by atomic mass is 35.5. The van der Waals surface area contributed by atoms with Crippen LogP contribution < -0.4 is 14.4 Å². The zero-order valence-electron chi connectivity index (χ0n) is 14.2. The van der Waals surface area contributed by atoms with Crippen molar-refractivity contribution in [2.75, 3.05) is 45.3 Å². The Kier molecular flexibility index (Phi) is 5.48. The molecule has 0 atom stereocenters. The van der Waals surface area contributed by atoms with E-state index in [1.165, 1.54) is 5.69 Å². The molecule has 1 fully saturated rings. The van der Waals surface area contributed by atoms with Crippen LogP contribution in [0.3, 0.4) is 0 Å². The van der Waals surface area contributed by atoms with E-state index in [1.807, 2.05) is 30.3 Å². The molecule has 128 valence electrons. The minimum atomic E-state index is 0.785. The molecule has 0 amide bonds. The molecule has 2 aromatic carbocycles. The first-order valence-electron chi connectivity index (χ1n) is 8.14. The van der Waals surface area contributed by atoms with Gasteiger partial charge in [-0.25, -0.2) is 0 Å². The molecule has 2 aromatic rings. The number of halogens is 1. The lowest BCUT2D eigenvalue weighted by atomic mass is 10.1. The van der Waals surface area contributed by atoms with Crippen molar-refractivity contribution in [3.8, 4) is 11.5 Å². The molecule has 0 aromatic heterocycles. The van der Waals surface area contributed by atoms with E-state index in [9.17, 15) is 0 Å². The Balaban J connectivity index is 1.64. The molecule has 24 heavy (non-hydrogen) atoms. The van der Waals surface area contributed by atoms with Crippen LogP contribution in [-0.2, 0) is 6.54 Å². The number of nitrogens with zero attached hydrogens (tertiary/aromatic N) is 2. The third-order valence-electron chi connectivity index (χ3n) is 4.42. The molecule has 1 aliphatic rings. The van der Waals surface area contributed by atoms with Gasteiger partial charge in [-0.05, 0) is 24.3 Å². The van der Waals surface area contributed by atoms with Crippen molar-refractivity contribution in [1.29, 1.82) is 0 Å². The van der Waals surface area contributed by atoms with Gasteiger partial charge in [-0.3, -0.25) is 4.90 Å². The Morgan fingerprint density at radius 3 is 2.38 bits per heavy atom. The summed E-state index contributed by atoms with van der Waals surface area (Å²) >= 11 is 6.10. The number of ether oxygens (including phenoxy) is 2. The molecule has 0 bridgehead atoms. The van der Waals surface area contributed by atoms with Crippen LogP contribution >= 0.6 is 11.6 Å². The topological polar surface area (TPSA) is 24.9 Å². The van der Waals surface area contributed by atoms with Crippen LogP contribution in [0, 0.1) is 0 Å². The van der Waals surface area contributed by atoms with Crippen molar-refractivity contribution < 1.29 is 9.47 Å². The predicted molar refractivity (Wildman–Crippen MR) is 98.5 cm³/mol. The van der Waals surface area contributed by atoms with Crippen LogP contribution in [0.2, 0.25) is 5.02 Å². The Morgan fingerprint density at radius 2 is 1.71 bits per heavy atom. The van der Waals surface area contributed by atoms with Gasteiger partial charge in [-0.15, -0.1) is 0 Å². The molecule has 5 heteroatoms. The van der Waals surface area contributed by atoms with Gasteiger partial charge in [-0.2, -0.15) is 0 Å². The van der Waals surface area contributed by atoms with Crippen LogP contribution in [0.1, 0.15) is 5.56 Å².